The highest BCUT2D eigenvalue weighted by Gasteiger charge is 2.51. The van der Waals surface area contributed by atoms with Crippen molar-refractivity contribution in [1.29, 1.82) is 0 Å². The minimum Gasteiger partial charge on any atom is -0.507 e. The normalized spacial score (nSPS) is 23.1. The summed E-state index contributed by atoms with van der Waals surface area (Å²) in [6.07, 6.45) is 2.17. The summed E-state index contributed by atoms with van der Waals surface area (Å²) in [7, 11) is 4.23. The van der Waals surface area contributed by atoms with Crippen LogP contribution in [0.1, 0.15) is 125 Å². The summed E-state index contributed by atoms with van der Waals surface area (Å²) in [5.41, 5.74) is -0.296. The van der Waals surface area contributed by atoms with Gasteiger partial charge in [-0.1, -0.05) is 32.9 Å². The fourth-order valence-electron chi connectivity index (χ4n) is 7.45. The predicted octanol–water partition coefficient (Wildman–Crippen LogP) is 6.94. The van der Waals surface area contributed by atoms with Crippen molar-refractivity contribution >= 4 is 11.9 Å². The molecule has 1 aromatic rings. The number of carbonyl (C=O) groups excluding carboxylic acids is 2. The summed E-state index contributed by atoms with van der Waals surface area (Å²) in [6.45, 7) is 27.0. The number of benzene rings is 1. The highest BCUT2D eigenvalue weighted by Crippen LogP contribution is 2.42. The second-order valence-corrected chi connectivity index (χ2v) is 17.3. The molecule has 0 spiro atoms. The second-order valence-electron chi connectivity index (χ2n) is 17.3. The number of esters is 2. The lowest BCUT2D eigenvalue weighted by molar-refractivity contribution is -0.186. The van der Waals surface area contributed by atoms with Crippen LogP contribution in [-0.2, 0) is 30.9 Å². The Morgan fingerprint density at radius 3 is 1.44 bits per heavy atom. The van der Waals surface area contributed by atoms with Crippen LogP contribution in [0, 0.1) is 12.3 Å². The third kappa shape index (κ3) is 7.24. The number of carbonyl (C=O) groups is 2. The number of phenols is 1. The predicted molar refractivity (Wildman–Crippen MR) is 173 cm³/mol. The molecule has 7 heteroatoms. The molecule has 2 aliphatic rings. The van der Waals surface area contributed by atoms with Crippen LogP contribution >= 0.6 is 0 Å². The quantitative estimate of drug-likeness (QED) is 0.280. The first kappa shape index (κ1) is 35.4. The van der Waals surface area contributed by atoms with E-state index in [-0.39, 0.29) is 51.9 Å². The topological polar surface area (TPSA) is 79.3 Å². The summed E-state index contributed by atoms with van der Waals surface area (Å²) >= 11 is 0. The van der Waals surface area contributed by atoms with Gasteiger partial charge in [0.25, 0.3) is 0 Å². The van der Waals surface area contributed by atoms with Crippen molar-refractivity contribution in [2.75, 3.05) is 14.1 Å². The minimum atomic E-state index is -1.56. The van der Waals surface area contributed by atoms with E-state index in [2.05, 4.69) is 79.3 Å². The van der Waals surface area contributed by atoms with Crippen LogP contribution in [-0.4, -0.2) is 75.3 Å². The van der Waals surface area contributed by atoms with Gasteiger partial charge in [-0.15, -0.1) is 0 Å². The fourth-order valence-corrected chi connectivity index (χ4v) is 7.45. The molecule has 2 heterocycles. The second kappa shape index (κ2) is 11.3. The molecule has 0 aromatic heterocycles. The molecule has 3 rings (SSSR count). The van der Waals surface area contributed by atoms with E-state index in [1.54, 1.807) is 6.92 Å². The molecule has 0 bridgehead atoms. The average Bonchev–Trinajstić information content (AvgIpc) is 2.81. The zero-order valence-electron chi connectivity index (χ0n) is 29.8. The zero-order valence-corrected chi connectivity index (χ0v) is 29.8. The average molecular weight is 601 g/mol. The summed E-state index contributed by atoms with van der Waals surface area (Å²) < 4.78 is 12.6. The van der Waals surface area contributed by atoms with E-state index < -0.39 is 17.4 Å². The molecule has 0 radical (unpaired) electrons. The van der Waals surface area contributed by atoms with Gasteiger partial charge in [0.2, 0.25) is 0 Å². The number of hydrogen-bond donors (Lipinski definition) is 1. The van der Waals surface area contributed by atoms with Crippen LogP contribution in [0.5, 0.6) is 5.75 Å². The number of rotatable bonds is 6. The fraction of sp³-hybridized carbons (Fsp3) is 0.778. The van der Waals surface area contributed by atoms with Crippen molar-refractivity contribution in [3.63, 3.8) is 0 Å². The van der Waals surface area contributed by atoms with Gasteiger partial charge in [0.1, 0.15) is 18.0 Å². The molecule has 7 nitrogen and oxygen atoms in total. The highest BCUT2D eigenvalue weighted by atomic mass is 16.6. The van der Waals surface area contributed by atoms with Gasteiger partial charge < -0.3 is 14.6 Å². The molecule has 2 aliphatic heterocycles. The molecular weight excluding hydrogens is 540 g/mol. The van der Waals surface area contributed by atoms with Gasteiger partial charge >= 0.3 is 11.9 Å². The van der Waals surface area contributed by atoms with E-state index in [1.165, 1.54) is 0 Å². The maximum Gasteiger partial charge on any atom is 0.323 e. The van der Waals surface area contributed by atoms with Gasteiger partial charge in [-0.3, -0.25) is 19.4 Å². The Kier molecular flexibility index (Phi) is 9.33. The highest BCUT2D eigenvalue weighted by molar-refractivity contribution is 6.00. The van der Waals surface area contributed by atoms with Gasteiger partial charge in [-0.25, -0.2) is 0 Å². The van der Waals surface area contributed by atoms with Crippen LogP contribution < -0.4 is 0 Å². The summed E-state index contributed by atoms with van der Waals surface area (Å²) in [5, 5.41) is 10.9. The Morgan fingerprint density at radius 2 is 1.12 bits per heavy atom. The van der Waals surface area contributed by atoms with Crippen LogP contribution in [0.25, 0.3) is 0 Å². The van der Waals surface area contributed by atoms with E-state index >= 15 is 0 Å². The minimum absolute atomic E-state index is 0.119. The number of phenolic OH excluding ortho intramolecular Hbond substituents is 1. The summed E-state index contributed by atoms with van der Waals surface area (Å²) in [4.78, 5) is 33.2. The van der Waals surface area contributed by atoms with Gasteiger partial charge in [-0.2, -0.15) is 0 Å². The largest absolute Gasteiger partial charge is 0.507 e. The molecule has 2 saturated heterocycles. The first-order valence-corrected chi connectivity index (χ1v) is 16.0. The monoisotopic (exact) mass is 600 g/mol. The number of hydrogen-bond acceptors (Lipinski definition) is 7. The van der Waals surface area contributed by atoms with Crippen molar-refractivity contribution in [2.45, 2.75) is 162 Å². The zero-order chi connectivity index (χ0) is 33.1. The van der Waals surface area contributed by atoms with E-state index in [9.17, 15) is 14.7 Å². The third-order valence-corrected chi connectivity index (χ3v) is 10.7. The Balaban J connectivity index is 2.00. The Bertz CT molecular complexity index is 1130. The first-order valence-electron chi connectivity index (χ1n) is 16.0. The summed E-state index contributed by atoms with van der Waals surface area (Å²) in [5.74, 6) is -0.851. The van der Waals surface area contributed by atoms with Crippen molar-refractivity contribution in [3.8, 4) is 5.75 Å². The molecule has 2 fully saturated rings. The molecule has 244 valence electrons. The van der Waals surface area contributed by atoms with Gasteiger partial charge in [0.15, 0.2) is 5.41 Å². The van der Waals surface area contributed by atoms with Gasteiger partial charge in [0, 0.05) is 47.8 Å². The molecule has 0 aliphatic carbocycles. The van der Waals surface area contributed by atoms with Crippen LogP contribution in [0.15, 0.2) is 12.1 Å². The molecular formula is C36H60N2O5. The van der Waals surface area contributed by atoms with E-state index in [4.69, 9.17) is 9.47 Å². The van der Waals surface area contributed by atoms with Crippen molar-refractivity contribution in [3.05, 3.63) is 28.8 Å². The number of piperidine rings is 2. The molecule has 1 N–H and O–H groups in total. The maximum absolute atomic E-state index is 14.3. The summed E-state index contributed by atoms with van der Waals surface area (Å²) in [6, 6.07) is 3.79. The van der Waals surface area contributed by atoms with Crippen LogP contribution in [0.4, 0.5) is 0 Å². The van der Waals surface area contributed by atoms with Crippen molar-refractivity contribution in [2.24, 2.45) is 5.41 Å². The molecule has 43 heavy (non-hydrogen) atoms. The molecule has 0 unspecified atom stereocenters. The van der Waals surface area contributed by atoms with Crippen LogP contribution in [0.2, 0.25) is 0 Å². The maximum atomic E-state index is 14.3. The Labute approximate surface area is 261 Å². The van der Waals surface area contributed by atoms with Gasteiger partial charge in [0.05, 0.1) is 0 Å². The first-order chi connectivity index (χ1) is 19.2. The smallest absolute Gasteiger partial charge is 0.323 e. The van der Waals surface area contributed by atoms with Crippen LogP contribution in [0.3, 0.4) is 0 Å². The molecule has 0 amide bonds. The number of aromatic hydroxyl groups is 1. The third-order valence-electron chi connectivity index (χ3n) is 10.7. The number of ether oxygens (including phenoxy) is 2. The van der Waals surface area contributed by atoms with E-state index in [0.29, 0.717) is 31.2 Å². The van der Waals surface area contributed by atoms with Crippen molar-refractivity contribution in [1.82, 2.24) is 9.80 Å². The molecule has 1 aromatic carbocycles. The number of aryl methyl sites for hydroxylation is 1. The Hall–Kier alpha value is -2.12. The standard InChI is InChI=1S/C36H60N2O5/c1-23-16-24(17-27(28(23)39)31(2,3)4)18-36(13,29(40)42-25-19-32(5,6)37(14)33(7,8)20-25)30(41)43-26-21-34(9,10)38(15)35(11,12)22-26/h16-17,25-26,39H,18-22H2,1-15H3. The van der Waals surface area contributed by atoms with Crippen molar-refractivity contribution < 1.29 is 24.2 Å². The van der Waals surface area contributed by atoms with E-state index in [1.807, 2.05) is 39.8 Å². The lowest BCUT2D eigenvalue weighted by Gasteiger charge is -2.53. The Morgan fingerprint density at radius 1 is 0.767 bits per heavy atom. The van der Waals surface area contributed by atoms with E-state index in [0.717, 1.165) is 11.1 Å². The van der Waals surface area contributed by atoms with Gasteiger partial charge in [-0.05, 0) is 112 Å². The lowest BCUT2D eigenvalue weighted by atomic mass is 9.77. The molecule has 0 atom stereocenters. The SMILES string of the molecule is Cc1cc(CC(C)(C(=O)OC2CC(C)(C)N(C)C(C)(C)C2)C(=O)OC2CC(C)(C)N(C)C(C)(C)C2)cc(C(C)(C)C)c1O. The number of nitrogens with zero attached hydrogens (tertiary/aromatic N) is 2. The number of likely N-dealkylation sites (tertiary alicyclic amines) is 2. The lowest BCUT2D eigenvalue weighted by Crippen LogP contribution is -2.61. The molecule has 0 saturated carbocycles.